The van der Waals surface area contributed by atoms with E-state index in [1.165, 1.54) is 12.8 Å². The number of hydrogen-bond donors (Lipinski definition) is 0. The van der Waals surface area contributed by atoms with Gasteiger partial charge in [0.1, 0.15) is 0 Å². The molecule has 0 bridgehead atoms. The van der Waals surface area contributed by atoms with Gasteiger partial charge in [0, 0.05) is 23.8 Å². The van der Waals surface area contributed by atoms with Gasteiger partial charge in [0.15, 0.2) is 0 Å². The molecule has 1 aliphatic rings. The standard InChI is InChI=1S/C14H26BrNO/c1-4-16(10-9-15)13(17)14(11-12(2)3)7-5-6-8-14/h12H,4-11H2,1-3H3. The molecule has 1 saturated carbocycles. The Morgan fingerprint density at radius 3 is 2.35 bits per heavy atom. The summed E-state index contributed by atoms with van der Waals surface area (Å²) in [5, 5.41) is 0.879. The number of rotatable bonds is 6. The maximum absolute atomic E-state index is 12.7. The Morgan fingerprint density at radius 2 is 1.94 bits per heavy atom. The molecule has 0 spiro atoms. The average Bonchev–Trinajstić information content (AvgIpc) is 2.73. The van der Waals surface area contributed by atoms with Crippen molar-refractivity contribution in [3.05, 3.63) is 0 Å². The van der Waals surface area contributed by atoms with Crippen LogP contribution < -0.4 is 0 Å². The first kappa shape index (κ1) is 15.0. The average molecular weight is 304 g/mol. The largest absolute Gasteiger partial charge is 0.342 e. The molecule has 3 heteroatoms. The van der Waals surface area contributed by atoms with Gasteiger partial charge in [0.25, 0.3) is 0 Å². The monoisotopic (exact) mass is 303 g/mol. The maximum Gasteiger partial charge on any atom is 0.228 e. The fourth-order valence-corrected chi connectivity index (χ4v) is 3.61. The second-order valence-electron chi connectivity index (χ2n) is 5.66. The lowest BCUT2D eigenvalue weighted by atomic mass is 9.77. The molecule has 0 aromatic carbocycles. The Hall–Kier alpha value is -0.0500. The molecule has 0 saturated heterocycles. The quantitative estimate of drug-likeness (QED) is 0.683. The van der Waals surface area contributed by atoms with Crippen molar-refractivity contribution in [1.29, 1.82) is 0 Å². The summed E-state index contributed by atoms with van der Waals surface area (Å²) in [6.45, 7) is 8.22. The van der Waals surface area contributed by atoms with Gasteiger partial charge in [-0.3, -0.25) is 4.79 Å². The van der Waals surface area contributed by atoms with Crippen LogP contribution in [0.2, 0.25) is 0 Å². The molecule has 1 fully saturated rings. The number of halogens is 1. The van der Waals surface area contributed by atoms with Gasteiger partial charge in [-0.05, 0) is 32.1 Å². The van der Waals surface area contributed by atoms with Crippen molar-refractivity contribution in [2.75, 3.05) is 18.4 Å². The van der Waals surface area contributed by atoms with Crippen LogP contribution in [0.3, 0.4) is 0 Å². The van der Waals surface area contributed by atoms with E-state index in [2.05, 4.69) is 36.7 Å². The van der Waals surface area contributed by atoms with Gasteiger partial charge in [-0.25, -0.2) is 0 Å². The molecule has 1 rings (SSSR count). The molecule has 0 N–H and O–H groups in total. The predicted molar refractivity (Wildman–Crippen MR) is 76.4 cm³/mol. The first-order chi connectivity index (χ1) is 8.05. The van der Waals surface area contributed by atoms with Crippen LogP contribution in [0.1, 0.15) is 52.9 Å². The van der Waals surface area contributed by atoms with Crippen molar-refractivity contribution >= 4 is 21.8 Å². The molecule has 0 unspecified atom stereocenters. The van der Waals surface area contributed by atoms with Gasteiger partial charge >= 0.3 is 0 Å². The van der Waals surface area contributed by atoms with Crippen LogP contribution in [0.4, 0.5) is 0 Å². The Bertz CT molecular complexity index is 247. The smallest absolute Gasteiger partial charge is 0.228 e. The van der Waals surface area contributed by atoms with Gasteiger partial charge in [0.2, 0.25) is 5.91 Å². The summed E-state index contributed by atoms with van der Waals surface area (Å²) >= 11 is 3.44. The zero-order valence-corrected chi connectivity index (χ0v) is 13.1. The van der Waals surface area contributed by atoms with Crippen molar-refractivity contribution in [3.8, 4) is 0 Å². The zero-order chi connectivity index (χ0) is 12.9. The third kappa shape index (κ3) is 3.70. The van der Waals surface area contributed by atoms with Crippen molar-refractivity contribution in [1.82, 2.24) is 4.90 Å². The lowest BCUT2D eigenvalue weighted by Gasteiger charge is -2.35. The molecule has 17 heavy (non-hydrogen) atoms. The molecule has 1 aliphatic carbocycles. The van der Waals surface area contributed by atoms with E-state index in [0.29, 0.717) is 11.8 Å². The summed E-state index contributed by atoms with van der Waals surface area (Å²) in [5.41, 5.74) is -0.0354. The number of hydrogen-bond acceptors (Lipinski definition) is 1. The minimum atomic E-state index is -0.0354. The normalized spacial score (nSPS) is 18.6. The second kappa shape index (κ2) is 6.77. The van der Waals surface area contributed by atoms with E-state index < -0.39 is 0 Å². The summed E-state index contributed by atoms with van der Waals surface area (Å²) in [7, 11) is 0. The first-order valence-electron chi connectivity index (χ1n) is 6.91. The van der Waals surface area contributed by atoms with Crippen LogP contribution in [0.5, 0.6) is 0 Å². The zero-order valence-electron chi connectivity index (χ0n) is 11.5. The Balaban J connectivity index is 2.78. The van der Waals surface area contributed by atoms with Crippen molar-refractivity contribution in [3.63, 3.8) is 0 Å². The minimum absolute atomic E-state index is 0.0354. The van der Waals surface area contributed by atoms with Gasteiger partial charge in [-0.2, -0.15) is 0 Å². The molecule has 1 amide bonds. The highest BCUT2D eigenvalue weighted by atomic mass is 79.9. The minimum Gasteiger partial charge on any atom is -0.342 e. The van der Waals surface area contributed by atoms with E-state index in [0.717, 1.165) is 37.7 Å². The number of nitrogens with zero attached hydrogens (tertiary/aromatic N) is 1. The Labute approximate surface area is 114 Å². The summed E-state index contributed by atoms with van der Waals surface area (Å²) in [6, 6.07) is 0. The summed E-state index contributed by atoms with van der Waals surface area (Å²) < 4.78 is 0. The first-order valence-corrected chi connectivity index (χ1v) is 8.03. The van der Waals surface area contributed by atoms with Crippen LogP contribution in [-0.4, -0.2) is 29.2 Å². The summed E-state index contributed by atoms with van der Waals surface area (Å²) in [6.07, 6.45) is 5.71. The molecule has 2 nitrogen and oxygen atoms in total. The van der Waals surface area contributed by atoms with Crippen molar-refractivity contribution in [2.24, 2.45) is 11.3 Å². The lowest BCUT2D eigenvalue weighted by molar-refractivity contribution is -0.142. The van der Waals surface area contributed by atoms with Crippen molar-refractivity contribution in [2.45, 2.75) is 52.9 Å². The maximum atomic E-state index is 12.7. The van der Waals surface area contributed by atoms with E-state index in [4.69, 9.17) is 0 Å². The van der Waals surface area contributed by atoms with Crippen LogP contribution in [0.25, 0.3) is 0 Å². The Morgan fingerprint density at radius 1 is 1.35 bits per heavy atom. The van der Waals surface area contributed by atoms with Crippen LogP contribution in [0, 0.1) is 11.3 Å². The lowest BCUT2D eigenvalue weighted by Crippen LogP contribution is -2.44. The highest BCUT2D eigenvalue weighted by Crippen LogP contribution is 2.44. The van der Waals surface area contributed by atoms with Crippen LogP contribution >= 0.6 is 15.9 Å². The number of carbonyl (C=O) groups is 1. The van der Waals surface area contributed by atoms with Gasteiger partial charge < -0.3 is 4.90 Å². The summed E-state index contributed by atoms with van der Waals surface area (Å²) in [4.78, 5) is 14.8. The van der Waals surface area contributed by atoms with E-state index >= 15 is 0 Å². The fraction of sp³-hybridized carbons (Fsp3) is 0.929. The molecular weight excluding hydrogens is 278 g/mol. The molecule has 0 aromatic heterocycles. The van der Waals surface area contributed by atoms with Gasteiger partial charge in [0.05, 0.1) is 0 Å². The van der Waals surface area contributed by atoms with E-state index in [9.17, 15) is 4.79 Å². The highest BCUT2D eigenvalue weighted by Gasteiger charge is 2.43. The molecule has 0 aliphatic heterocycles. The van der Waals surface area contributed by atoms with Crippen molar-refractivity contribution < 1.29 is 4.79 Å². The van der Waals surface area contributed by atoms with E-state index in [1.54, 1.807) is 0 Å². The molecule has 100 valence electrons. The highest BCUT2D eigenvalue weighted by molar-refractivity contribution is 9.09. The Kier molecular flexibility index (Phi) is 5.98. The molecule has 0 heterocycles. The van der Waals surface area contributed by atoms with Crippen LogP contribution in [0.15, 0.2) is 0 Å². The number of carbonyl (C=O) groups excluding carboxylic acids is 1. The van der Waals surface area contributed by atoms with E-state index in [1.807, 2.05) is 4.90 Å². The predicted octanol–water partition coefficient (Wildman–Crippen LogP) is 3.84. The van der Waals surface area contributed by atoms with E-state index in [-0.39, 0.29) is 5.41 Å². The fourth-order valence-electron chi connectivity index (χ4n) is 3.18. The molecule has 0 radical (unpaired) electrons. The SMILES string of the molecule is CCN(CCBr)C(=O)C1(CC(C)C)CCCC1. The number of amides is 1. The van der Waals surface area contributed by atoms with Crippen LogP contribution in [-0.2, 0) is 4.79 Å². The third-order valence-corrected chi connectivity index (χ3v) is 4.19. The molecule has 0 atom stereocenters. The molecule has 0 aromatic rings. The molecular formula is C14H26BrNO. The van der Waals surface area contributed by atoms with Gasteiger partial charge in [-0.15, -0.1) is 0 Å². The summed E-state index contributed by atoms with van der Waals surface area (Å²) in [5.74, 6) is 1.02. The topological polar surface area (TPSA) is 20.3 Å². The third-order valence-electron chi connectivity index (χ3n) is 3.84. The number of alkyl halides is 1. The second-order valence-corrected chi connectivity index (χ2v) is 6.45. The van der Waals surface area contributed by atoms with Gasteiger partial charge in [-0.1, -0.05) is 42.6 Å².